The van der Waals surface area contributed by atoms with Gasteiger partial charge in [-0.2, -0.15) is 9.36 Å². The quantitative estimate of drug-likeness (QED) is 0.297. The molecular formula is C23H21F2N3O5S. The molecule has 1 aliphatic heterocycles. The Balaban J connectivity index is 1.55. The summed E-state index contributed by atoms with van der Waals surface area (Å²) in [5.41, 5.74) is -0.587. The number of rotatable bonds is 6. The number of halogens is 2. The molecule has 0 bridgehead atoms. The Morgan fingerprint density at radius 3 is 2.44 bits per heavy atom. The molecule has 2 aromatic heterocycles. The van der Waals surface area contributed by atoms with Crippen molar-refractivity contribution in [1.82, 2.24) is 14.3 Å². The van der Waals surface area contributed by atoms with Gasteiger partial charge in [-0.1, -0.05) is 12.1 Å². The molecule has 0 radical (unpaired) electrons. The molecule has 1 saturated heterocycles. The fourth-order valence-corrected chi connectivity index (χ4v) is 4.68. The van der Waals surface area contributed by atoms with Crippen LogP contribution in [-0.2, 0) is 16.0 Å². The first-order chi connectivity index (χ1) is 16.2. The number of piperidine rings is 1. The average Bonchev–Trinajstić information content (AvgIpc) is 3.26. The van der Waals surface area contributed by atoms with Gasteiger partial charge in [-0.15, -0.1) is 0 Å². The van der Waals surface area contributed by atoms with E-state index in [2.05, 4.69) is 14.1 Å². The third-order valence-electron chi connectivity index (χ3n) is 5.82. The summed E-state index contributed by atoms with van der Waals surface area (Å²) >= 11 is 0.775. The normalized spacial score (nSPS) is 15.2. The lowest BCUT2D eigenvalue weighted by molar-refractivity contribution is -0.135. The summed E-state index contributed by atoms with van der Waals surface area (Å²) in [6, 6.07) is 7.12. The Hall–Kier alpha value is -3.47. The Labute approximate surface area is 197 Å². The number of ketones is 1. The minimum absolute atomic E-state index is 0.00627. The van der Waals surface area contributed by atoms with E-state index in [1.807, 2.05) is 0 Å². The van der Waals surface area contributed by atoms with E-state index in [0.717, 1.165) is 18.6 Å². The second-order valence-corrected chi connectivity index (χ2v) is 8.77. The number of hydrogen-bond acceptors (Lipinski definition) is 8. The SMILES string of the molecule is COC(=O)C(=O)c1snc2nc(OC)c(C(=O)N3CCC(F)(Cc4ccc(F)cc4)CC3)cc12. The minimum atomic E-state index is -1.52. The van der Waals surface area contributed by atoms with Crippen molar-refractivity contribution in [3.63, 3.8) is 0 Å². The number of carbonyl (C=O) groups excluding carboxylic acids is 3. The number of likely N-dealkylation sites (tertiary alicyclic amines) is 1. The summed E-state index contributed by atoms with van der Waals surface area (Å²) in [6.45, 7) is 0.321. The molecule has 1 aliphatic rings. The zero-order chi connectivity index (χ0) is 24.5. The number of hydrogen-bond donors (Lipinski definition) is 0. The van der Waals surface area contributed by atoms with Gasteiger partial charge in [-0.3, -0.25) is 9.59 Å². The van der Waals surface area contributed by atoms with Crippen LogP contribution >= 0.6 is 11.5 Å². The standard InChI is InChI=1S/C23H21F2N3O5S/c1-32-20-16(11-15-18(17(29)22(31)33-2)34-27-19(15)26-20)21(30)28-9-7-23(25,8-10-28)12-13-3-5-14(24)6-4-13/h3-6,11H,7-10,12H2,1-2H3. The molecular weight excluding hydrogens is 468 g/mol. The number of carbonyl (C=O) groups is 3. The summed E-state index contributed by atoms with van der Waals surface area (Å²) in [5.74, 6) is -2.73. The first-order valence-electron chi connectivity index (χ1n) is 10.4. The van der Waals surface area contributed by atoms with Crippen molar-refractivity contribution in [3.8, 4) is 5.88 Å². The summed E-state index contributed by atoms with van der Waals surface area (Å²) in [6.07, 6.45) is 0.353. The molecule has 34 heavy (non-hydrogen) atoms. The molecule has 1 amide bonds. The second-order valence-electron chi connectivity index (χ2n) is 8.00. The highest BCUT2D eigenvalue weighted by molar-refractivity contribution is 7.10. The number of fused-ring (bicyclic) bond motifs is 1. The smallest absolute Gasteiger partial charge is 0.380 e. The van der Waals surface area contributed by atoms with Crippen molar-refractivity contribution in [3.05, 3.63) is 52.2 Å². The molecule has 0 aliphatic carbocycles. The van der Waals surface area contributed by atoms with Crippen molar-refractivity contribution in [2.45, 2.75) is 24.9 Å². The lowest BCUT2D eigenvalue weighted by Gasteiger charge is -2.36. The van der Waals surface area contributed by atoms with Gasteiger partial charge in [0.2, 0.25) is 5.88 Å². The molecule has 0 saturated carbocycles. The Morgan fingerprint density at radius 2 is 1.82 bits per heavy atom. The van der Waals surface area contributed by atoms with Gasteiger partial charge in [0.15, 0.2) is 5.65 Å². The molecule has 1 fully saturated rings. The van der Waals surface area contributed by atoms with Crippen molar-refractivity contribution >= 4 is 40.2 Å². The van der Waals surface area contributed by atoms with Gasteiger partial charge >= 0.3 is 5.97 Å². The summed E-state index contributed by atoms with van der Waals surface area (Å²) in [5, 5.41) is 0.234. The average molecular weight is 490 g/mol. The molecule has 178 valence electrons. The van der Waals surface area contributed by atoms with Gasteiger partial charge in [-0.25, -0.2) is 13.6 Å². The van der Waals surface area contributed by atoms with Crippen LogP contribution < -0.4 is 4.74 Å². The maximum atomic E-state index is 15.4. The number of pyridine rings is 1. The highest BCUT2D eigenvalue weighted by atomic mass is 32.1. The zero-order valence-corrected chi connectivity index (χ0v) is 19.3. The topological polar surface area (TPSA) is 98.7 Å². The predicted octanol–water partition coefficient (Wildman–Crippen LogP) is 3.38. The van der Waals surface area contributed by atoms with Crippen molar-refractivity contribution < 1.29 is 32.6 Å². The first-order valence-corrected chi connectivity index (χ1v) is 11.2. The lowest BCUT2D eigenvalue weighted by Crippen LogP contribution is -2.45. The van der Waals surface area contributed by atoms with Gasteiger partial charge in [0, 0.05) is 24.9 Å². The largest absolute Gasteiger partial charge is 0.480 e. The van der Waals surface area contributed by atoms with E-state index in [1.165, 1.54) is 30.2 Å². The number of benzene rings is 1. The van der Waals surface area contributed by atoms with E-state index < -0.39 is 23.3 Å². The Kier molecular flexibility index (Phi) is 6.56. The maximum absolute atomic E-state index is 15.4. The number of aromatic nitrogens is 2. The molecule has 0 spiro atoms. The van der Waals surface area contributed by atoms with E-state index in [-0.39, 0.29) is 65.5 Å². The van der Waals surface area contributed by atoms with E-state index in [9.17, 15) is 18.8 Å². The third kappa shape index (κ3) is 4.60. The fourth-order valence-electron chi connectivity index (χ4n) is 3.95. The Morgan fingerprint density at radius 1 is 1.15 bits per heavy atom. The zero-order valence-electron chi connectivity index (χ0n) is 18.5. The maximum Gasteiger partial charge on any atom is 0.380 e. The van der Waals surface area contributed by atoms with Crippen LogP contribution in [0.3, 0.4) is 0 Å². The highest BCUT2D eigenvalue weighted by Gasteiger charge is 2.37. The summed E-state index contributed by atoms with van der Waals surface area (Å²) in [7, 11) is 2.44. The second kappa shape index (κ2) is 9.41. The minimum Gasteiger partial charge on any atom is -0.480 e. The van der Waals surface area contributed by atoms with E-state index >= 15 is 4.39 Å². The van der Waals surface area contributed by atoms with Crippen LogP contribution in [0.5, 0.6) is 5.88 Å². The monoisotopic (exact) mass is 489 g/mol. The number of methoxy groups -OCH3 is 2. The first kappa shape index (κ1) is 23.7. The Bertz CT molecular complexity index is 1250. The number of amides is 1. The van der Waals surface area contributed by atoms with Gasteiger partial charge in [-0.05, 0) is 48.1 Å². The number of nitrogens with zero attached hydrogens (tertiary/aromatic N) is 3. The molecule has 1 aromatic carbocycles. The van der Waals surface area contributed by atoms with E-state index in [0.29, 0.717) is 5.56 Å². The van der Waals surface area contributed by atoms with Crippen LogP contribution in [0.1, 0.15) is 38.4 Å². The predicted molar refractivity (Wildman–Crippen MR) is 119 cm³/mol. The summed E-state index contributed by atoms with van der Waals surface area (Å²) in [4.78, 5) is 43.0. The number of Topliss-reactive ketones (excluding diaryl/α,β-unsaturated/α-hetero) is 1. The number of esters is 1. The molecule has 0 atom stereocenters. The molecule has 3 aromatic rings. The van der Waals surface area contributed by atoms with Gasteiger partial charge in [0.1, 0.15) is 21.9 Å². The molecule has 8 nitrogen and oxygen atoms in total. The van der Waals surface area contributed by atoms with Gasteiger partial charge in [0.25, 0.3) is 11.7 Å². The van der Waals surface area contributed by atoms with Crippen molar-refractivity contribution in [1.29, 1.82) is 0 Å². The molecule has 11 heteroatoms. The van der Waals surface area contributed by atoms with Crippen LogP contribution in [0.25, 0.3) is 11.0 Å². The molecule has 0 unspecified atom stereocenters. The van der Waals surface area contributed by atoms with Crippen LogP contribution in [0.2, 0.25) is 0 Å². The summed E-state index contributed by atoms with van der Waals surface area (Å²) < 4.78 is 42.3. The fraction of sp³-hybridized carbons (Fsp3) is 0.348. The molecule has 4 rings (SSSR count). The lowest BCUT2D eigenvalue weighted by atomic mass is 9.87. The van der Waals surface area contributed by atoms with E-state index in [4.69, 9.17) is 4.74 Å². The third-order valence-corrected chi connectivity index (χ3v) is 6.67. The number of alkyl halides is 1. The van der Waals surface area contributed by atoms with Gasteiger partial charge < -0.3 is 14.4 Å². The van der Waals surface area contributed by atoms with Crippen LogP contribution in [0.4, 0.5) is 8.78 Å². The number of ether oxygens (including phenoxy) is 2. The van der Waals surface area contributed by atoms with Crippen LogP contribution in [-0.4, -0.2) is 64.9 Å². The van der Waals surface area contributed by atoms with E-state index in [1.54, 1.807) is 12.1 Å². The van der Waals surface area contributed by atoms with Gasteiger partial charge in [0.05, 0.1) is 14.2 Å². The van der Waals surface area contributed by atoms with Crippen molar-refractivity contribution in [2.75, 3.05) is 27.3 Å². The highest BCUT2D eigenvalue weighted by Crippen LogP contribution is 2.33. The van der Waals surface area contributed by atoms with Crippen LogP contribution in [0, 0.1) is 5.82 Å². The van der Waals surface area contributed by atoms with Crippen LogP contribution in [0.15, 0.2) is 30.3 Å². The molecule has 0 N–H and O–H groups in total. The van der Waals surface area contributed by atoms with Crippen molar-refractivity contribution in [2.24, 2.45) is 0 Å². The molecule has 3 heterocycles.